The second kappa shape index (κ2) is 14.6. The molecule has 0 radical (unpaired) electrons. The lowest BCUT2D eigenvalue weighted by atomic mass is 10.0. The zero-order chi connectivity index (χ0) is 22.4. The third kappa shape index (κ3) is 10.6. The normalized spacial score (nSPS) is 11.5. The molecule has 1 amide bonds. The lowest BCUT2D eigenvalue weighted by Gasteiger charge is -2.35. The Bertz CT molecular complexity index is 622. The SMILES string of the molecule is CCCCCCCCCCCCCC(=O)N(Cc1nc(C(=O)OC)cs1)C(C)(C)C. The van der Waals surface area contributed by atoms with Gasteiger partial charge in [-0.05, 0) is 27.2 Å². The second-order valence-electron chi connectivity index (χ2n) is 9.05. The molecular formula is C24H42N2O3S. The molecule has 5 nitrogen and oxygen atoms in total. The molecule has 0 aliphatic carbocycles. The number of hydrogen-bond acceptors (Lipinski definition) is 5. The van der Waals surface area contributed by atoms with Crippen molar-refractivity contribution in [2.24, 2.45) is 0 Å². The fourth-order valence-corrected chi connectivity index (χ4v) is 4.24. The Kier molecular flexibility index (Phi) is 12.9. The molecule has 0 saturated heterocycles. The zero-order valence-corrected chi connectivity index (χ0v) is 20.6. The molecule has 30 heavy (non-hydrogen) atoms. The highest BCUT2D eigenvalue weighted by Gasteiger charge is 2.27. The van der Waals surface area contributed by atoms with Crippen molar-refractivity contribution in [2.45, 2.75) is 117 Å². The van der Waals surface area contributed by atoms with Gasteiger partial charge in [0.1, 0.15) is 5.01 Å². The monoisotopic (exact) mass is 438 g/mol. The fourth-order valence-electron chi connectivity index (χ4n) is 3.49. The van der Waals surface area contributed by atoms with Crippen LogP contribution in [0.1, 0.15) is 120 Å². The summed E-state index contributed by atoms with van der Waals surface area (Å²) in [7, 11) is 1.35. The van der Waals surface area contributed by atoms with Gasteiger partial charge < -0.3 is 9.64 Å². The van der Waals surface area contributed by atoms with E-state index in [-0.39, 0.29) is 11.4 Å². The van der Waals surface area contributed by atoms with Gasteiger partial charge in [-0.2, -0.15) is 0 Å². The number of methoxy groups -OCH3 is 1. The van der Waals surface area contributed by atoms with Crippen LogP contribution in [0.3, 0.4) is 0 Å². The third-order valence-corrected chi connectivity index (χ3v) is 6.18. The van der Waals surface area contributed by atoms with E-state index in [1.807, 2.05) is 25.7 Å². The molecule has 0 aliphatic rings. The minimum Gasteiger partial charge on any atom is -0.464 e. The number of rotatable bonds is 15. The predicted molar refractivity (Wildman–Crippen MR) is 125 cm³/mol. The van der Waals surface area contributed by atoms with Crippen LogP contribution in [0.15, 0.2) is 5.38 Å². The molecule has 1 heterocycles. The molecule has 0 fully saturated rings. The lowest BCUT2D eigenvalue weighted by Crippen LogP contribution is -2.45. The number of hydrogen-bond donors (Lipinski definition) is 0. The van der Waals surface area contributed by atoms with E-state index in [0.29, 0.717) is 18.7 Å². The van der Waals surface area contributed by atoms with Crippen molar-refractivity contribution in [3.05, 3.63) is 16.1 Å². The van der Waals surface area contributed by atoms with Crippen molar-refractivity contribution >= 4 is 23.2 Å². The van der Waals surface area contributed by atoms with Crippen LogP contribution in [0.2, 0.25) is 0 Å². The highest BCUT2D eigenvalue weighted by atomic mass is 32.1. The Morgan fingerprint density at radius 2 is 1.50 bits per heavy atom. The third-order valence-electron chi connectivity index (χ3n) is 5.34. The van der Waals surface area contributed by atoms with Gasteiger partial charge in [0, 0.05) is 17.3 Å². The van der Waals surface area contributed by atoms with Crippen LogP contribution in [0.4, 0.5) is 0 Å². The smallest absolute Gasteiger partial charge is 0.357 e. The maximum Gasteiger partial charge on any atom is 0.357 e. The van der Waals surface area contributed by atoms with E-state index in [4.69, 9.17) is 4.74 Å². The molecule has 0 saturated carbocycles. The van der Waals surface area contributed by atoms with Crippen molar-refractivity contribution < 1.29 is 14.3 Å². The van der Waals surface area contributed by atoms with E-state index >= 15 is 0 Å². The van der Waals surface area contributed by atoms with Crippen molar-refractivity contribution in [3.8, 4) is 0 Å². The molecule has 0 bridgehead atoms. The summed E-state index contributed by atoms with van der Waals surface area (Å²) in [5.74, 6) is -0.277. The molecule has 1 aromatic rings. The Labute approximate surface area is 187 Å². The number of ether oxygens (including phenoxy) is 1. The number of nitrogens with zero attached hydrogens (tertiary/aromatic N) is 2. The largest absolute Gasteiger partial charge is 0.464 e. The van der Waals surface area contributed by atoms with E-state index in [0.717, 1.165) is 17.8 Å². The van der Waals surface area contributed by atoms with Crippen molar-refractivity contribution in [1.82, 2.24) is 9.88 Å². The Balaban J connectivity index is 2.32. The minimum absolute atomic E-state index is 0.160. The Morgan fingerprint density at radius 3 is 2.00 bits per heavy atom. The summed E-state index contributed by atoms with van der Waals surface area (Å²) in [6.07, 6.45) is 14.6. The van der Waals surface area contributed by atoms with Crippen LogP contribution < -0.4 is 0 Å². The quantitative estimate of drug-likeness (QED) is 0.224. The number of carbonyl (C=O) groups is 2. The molecule has 172 valence electrons. The molecule has 0 aliphatic heterocycles. The fraction of sp³-hybridized carbons (Fsp3) is 0.792. The van der Waals surface area contributed by atoms with Crippen LogP contribution in [-0.4, -0.2) is 34.4 Å². The molecule has 1 rings (SSSR count). The molecule has 0 atom stereocenters. The van der Waals surface area contributed by atoms with E-state index in [1.54, 1.807) is 5.38 Å². The maximum absolute atomic E-state index is 12.9. The number of carbonyl (C=O) groups excluding carboxylic acids is 2. The summed E-state index contributed by atoms with van der Waals surface area (Å²) in [6.45, 7) is 8.81. The number of esters is 1. The predicted octanol–water partition coefficient (Wildman–Crippen LogP) is 6.76. The molecule has 1 aromatic heterocycles. The topological polar surface area (TPSA) is 59.5 Å². The van der Waals surface area contributed by atoms with Gasteiger partial charge in [-0.15, -0.1) is 11.3 Å². The van der Waals surface area contributed by atoms with Crippen LogP contribution >= 0.6 is 11.3 Å². The molecule has 0 aromatic carbocycles. The average molecular weight is 439 g/mol. The molecule has 0 unspecified atom stereocenters. The van der Waals surface area contributed by atoms with Crippen molar-refractivity contribution in [1.29, 1.82) is 0 Å². The van der Waals surface area contributed by atoms with Crippen LogP contribution in [0, 0.1) is 0 Å². The van der Waals surface area contributed by atoms with Crippen LogP contribution in [0.5, 0.6) is 0 Å². The second-order valence-corrected chi connectivity index (χ2v) is 10.00. The Morgan fingerprint density at radius 1 is 0.967 bits per heavy atom. The lowest BCUT2D eigenvalue weighted by molar-refractivity contribution is -0.136. The van der Waals surface area contributed by atoms with E-state index < -0.39 is 5.97 Å². The van der Waals surface area contributed by atoms with Gasteiger partial charge in [-0.3, -0.25) is 4.79 Å². The van der Waals surface area contributed by atoms with Gasteiger partial charge in [0.2, 0.25) is 5.91 Å². The first-order valence-electron chi connectivity index (χ1n) is 11.6. The van der Waals surface area contributed by atoms with Gasteiger partial charge in [0.25, 0.3) is 0 Å². The molecule has 0 spiro atoms. The van der Waals surface area contributed by atoms with Crippen molar-refractivity contribution in [3.63, 3.8) is 0 Å². The standard InChI is InChI=1S/C24H42N2O3S/c1-6-7-8-9-10-11-12-13-14-15-16-17-22(27)26(24(2,3)4)18-21-25-20(19-30-21)23(28)29-5/h19H,6-18H2,1-5H3. The first-order valence-corrected chi connectivity index (χ1v) is 12.5. The van der Waals surface area contributed by atoms with Crippen LogP contribution in [0.25, 0.3) is 0 Å². The first-order chi connectivity index (χ1) is 14.3. The van der Waals surface area contributed by atoms with Gasteiger partial charge in [0.05, 0.1) is 13.7 Å². The average Bonchev–Trinajstić information content (AvgIpc) is 3.17. The summed E-state index contributed by atoms with van der Waals surface area (Å²) < 4.78 is 4.72. The summed E-state index contributed by atoms with van der Waals surface area (Å²) in [6, 6.07) is 0. The minimum atomic E-state index is -0.438. The molecular weight excluding hydrogens is 396 g/mol. The van der Waals surface area contributed by atoms with E-state index in [1.165, 1.54) is 76.2 Å². The van der Waals surface area contributed by atoms with Gasteiger partial charge >= 0.3 is 5.97 Å². The highest BCUT2D eigenvalue weighted by molar-refractivity contribution is 7.09. The number of amides is 1. The van der Waals surface area contributed by atoms with Gasteiger partial charge in [-0.25, -0.2) is 9.78 Å². The van der Waals surface area contributed by atoms with Gasteiger partial charge in [0.15, 0.2) is 5.69 Å². The first kappa shape index (κ1) is 26.6. The van der Waals surface area contributed by atoms with E-state index in [2.05, 4.69) is 11.9 Å². The van der Waals surface area contributed by atoms with Gasteiger partial charge in [-0.1, -0.05) is 71.1 Å². The van der Waals surface area contributed by atoms with E-state index in [9.17, 15) is 9.59 Å². The molecule has 0 N–H and O–H groups in total. The number of thiazole rings is 1. The maximum atomic E-state index is 12.9. The summed E-state index contributed by atoms with van der Waals surface area (Å²) in [5, 5.41) is 2.45. The highest BCUT2D eigenvalue weighted by Crippen LogP contribution is 2.22. The summed E-state index contributed by atoms with van der Waals surface area (Å²) in [5.41, 5.74) is 0.0237. The number of aromatic nitrogens is 1. The van der Waals surface area contributed by atoms with Crippen LogP contribution in [-0.2, 0) is 16.1 Å². The molecule has 6 heteroatoms. The Hall–Kier alpha value is -1.43. The zero-order valence-electron chi connectivity index (χ0n) is 19.8. The summed E-state index contributed by atoms with van der Waals surface area (Å²) in [4.78, 5) is 30.7. The summed E-state index contributed by atoms with van der Waals surface area (Å²) >= 11 is 1.39. The number of unbranched alkanes of at least 4 members (excludes halogenated alkanes) is 10. The van der Waals surface area contributed by atoms with Crippen molar-refractivity contribution in [2.75, 3.05) is 7.11 Å².